The first-order chi connectivity index (χ1) is 10.2. The van der Waals surface area contributed by atoms with Crippen molar-refractivity contribution in [2.24, 2.45) is 0 Å². The molecular weight excluding hydrogens is 288 g/mol. The van der Waals surface area contributed by atoms with Crippen LogP contribution >= 0.6 is 11.3 Å². The molecule has 0 fully saturated rings. The van der Waals surface area contributed by atoms with Crippen LogP contribution in [-0.4, -0.2) is 26.7 Å². The molecule has 3 rings (SSSR count). The van der Waals surface area contributed by atoms with Gasteiger partial charge < -0.3 is 15.6 Å². The number of nitrogens with zero attached hydrogens (tertiary/aromatic N) is 4. The van der Waals surface area contributed by atoms with Gasteiger partial charge in [0.05, 0.1) is 5.39 Å². The van der Waals surface area contributed by atoms with Gasteiger partial charge in [0.2, 0.25) is 11.8 Å². The van der Waals surface area contributed by atoms with Crippen LogP contribution in [-0.2, 0) is 12.8 Å². The number of nitrogens with one attached hydrogen (secondary N) is 1. The Labute approximate surface area is 125 Å². The number of aryl methyl sites for hydroxylation is 2. The Balaban J connectivity index is 1.77. The second-order valence-electron chi connectivity index (χ2n) is 4.62. The second-order valence-corrected chi connectivity index (χ2v) is 5.74. The van der Waals surface area contributed by atoms with Gasteiger partial charge in [-0.15, -0.1) is 11.3 Å². The number of anilines is 2. The van der Waals surface area contributed by atoms with Crippen LogP contribution < -0.4 is 11.1 Å². The third-order valence-corrected chi connectivity index (χ3v) is 4.19. The van der Waals surface area contributed by atoms with E-state index in [9.17, 15) is 0 Å². The largest absolute Gasteiger partial charge is 0.369 e. The number of hydrogen-bond acceptors (Lipinski definition) is 8. The molecule has 8 heteroatoms. The molecule has 0 amide bonds. The second kappa shape index (κ2) is 5.65. The van der Waals surface area contributed by atoms with Gasteiger partial charge in [0.1, 0.15) is 10.6 Å². The molecule has 0 saturated heterocycles. The number of aromatic nitrogens is 4. The third kappa shape index (κ3) is 2.94. The quantitative estimate of drug-likeness (QED) is 0.744. The summed E-state index contributed by atoms with van der Waals surface area (Å²) in [5.74, 6) is 2.29. The van der Waals surface area contributed by atoms with Crippen LogP contribution in [0.5, 0.6) is 0 Å². The van der Waals surface area contributed by atoms with Crippen molar-refractivity contribution in [2.75, 3.05) is 17.6 Å². The zero-order valence-electron chi connectivity index (χ0n) is 11.9. The molecule has 0 spiro atoms. The molecule has 21 heavy (non-hydrogen) atoms. The van der Waals surface area contributed by atoms with Crippen molar-refractivity contribution in [2.45, 2.75) is 26.7 Å². The van der Waals surface area contributed by atoms with Crippen molar-refractivity contribution >= 4 is 33.3 Å². The van der Waals surface area contributed by atoms with Crippen LogP contribution in [0.4, 0.5) is 11.8 Å². The first kappa shape index (κ1) is 13.7. The monoisotopic (exact) mass is 304 g/mol. The molecule has 0 radical (unpaired) electrons. The van der Waals surface area contributed by atoms with Gasteiger partial charge in [0.15, 0.2) is 5.82 Å². The first-order valence-corrected chi connectivity index (χ1v) is 7.56. The summed E-state index contributed by atoms with van der Waals surface area (Å²) in [4.78, 5) is 14.9. The number of rotatable bonds is 5. The van der Waals surface area contributed by atoms with Gasteiger partial charge in [0, 0.05) is 24.8 Å². The zero-order valence-corrected chi connectivity index (χ0v) is 12.7. The van der Waals surface area contributed by atoms with Crippen LogP contribution in [0.2, 0.25) is 0 Å². The molecular formula is C13H16N6OS. The maximum absolute atomic E-state index is 5.77. The molecule has 0 atom stereocenters. The molecule has 3 aromatic heterocycles. The van der Waals surface area contributed by atoms with Gasteiger partial charge in [-0.2, -0.15) is 9.97 Å². The molecule has 3 N–H and O–H groups in total. The maximum Gasteiger partial charge on any atom is 0.223 e. The fraction of sp³-hybridized carbons (Fsp3) is 0.385. The van der Waals surface area contributed by atoms with E-state index in [0.717, 1.165) is 22.5 Å². The summed E-state index contributed by atoms with van der Waals surface area (Å²) in [6, 6.07) is 2.11. The lowest BCUT2D eigenvalue weighted by atomic mass is 10.3. The molecule has 0 saturated carbocycles. The fourth-order valence-electron chi connectivity index (χ4n) is 2.03. The molecule has 110 valence electrons. The van der Waals surface area contributed by atoms with Crippen molar-refractivity contribution in [1.29, 1.82) is 0 Å². The van der Waals surface area contributed by atoms with Crippen molar-refractivity contribution in [1.82, 2.24) is 20.1 Å². The van der Waals surface area contributed by atoms with E-state index < -0.39 is 0 Å². The van der Waals surface area contributed by atoms with Gasteiger partial charge in [0.25, 0.3) is 0 Å². The predicted molar refractivity (Wildman–Crippen MR) is 82.4 cm³/mol. The van der Waals surface area contributed by atoms with Gasteiger partial charge in [-0.05, 0) is 12.5 Å². The molecule has 0 bridgehead atoms. The lowest BCUT2D eigenvalue weighted by Gasteiger charge is -2.05. The smallest absolute Gasteiger partial charge is 0.223 e. The van der Waals surface area contributed by atoms with E-state index in [2.05, 4.69) is 38.4 Å². The summed E-state index contributed by atoms with van der Waals surface area (Å²) in [5.41, 5.74) is 5.77. The Kier molecular flexibility index (Phi) is 3.70. The molecule has 0 aliphatic heterocycles. The summed E-state index contributed by atoms with van der Waals surface area (Å²) in [6.45, 7) is 4.55. The van der Waals surface area contributed by atoms with E-state index in [1.165, 1.54) is 4.88 Å². The summed E-state index contributed by atoms with van der Waals surface area (Å²) in [7, 11) is 0. The van der Waals surface area contributed by atoms with E-state index in [0.29, 0.717) is 24.7 Å². The lowest BCUT2D eigenvalue weighted by Crippen LogP contribution is -2.09. The SMILES string of the molecule is CCc1cc2c(NCCc3noc(C)n3)nc(N)nc2s1. The molecule has 7 nitrogen and oxygen atoms in total. The first-order valence-electron chi connectivity index (χ1n) is 6.74. The summed E-state index contributed by atoms with van der Waals surface area (Å²) in [5, 5.41) is 8.15. The van der Waals surface area contributed by atoms with E-state index in [-0.39, 0.29) is 5.95 Å². The minimum atomic E-state index is 0.282. The molecule has 0 unspecified atom stereocenters. The van der Waals surface area contributed by atoms with Crippen LogP contribution in [0.15, 0.2) is 10.6 Å². The Morgan fingerprint density at radius 1 is 1.33 bits per heavy atom. The molecule has 3 aromatic rings. The topological polar surface area (TPSA) is 103 Å². The molecule has 0 aromatic carbocycles. The predicted octanol–water partition coefficient (Wildman–Crippen LogP) is 2.18. The van der Waals surface area contributed by atoms with Crippen LogP contribution in [0.1, 0.15) is 23.5 Å². The molecule has 0 aliphatic rings. The summed E-state index contributed by atoms with van der Waals surface area (Å²) in [6.07, 6.45) is 1.63. The Hall–Kier alpha value is -2.22. The summed E-state index contributed by atoms with van der Waals surface area (Å²) < 4.78 is 4.94. The van der Waals surface area contributed by atoms with Gasteiger partial charge in [-0.3, -0.25) is 0 Å². The number of thiophene rings is 1. The van der Waals surface area contributed by atoms with Crippen LogP contribution in [0, 0.1) is 6.92 Å². The number of fused-ring (bicyclic) bond motifs is 1. The highest BCUT2D eigenvalue weighted by Crippen LogP contribution is 2.29. The van der Waals surface area contributed by atoms with E-state index in [4.69, 9.17) is 10.3 Å². The Morgan fingerprint density at radius 3 is 2.90 bits per heavy atom. The number of nitrogens with two attached hydrogens (primary N) is 1. The highest BCUT2D eigenvalue weighted by molar-refractivity contribution is 7.18. The minimum absolute atomic E-state index is 0.282. The minimum Gasteiger partial charge on any atom is -0.369 e. The van der Waals surface area contributed by atoms with Crippen molar-refractivity contribution in [3.8, 4) is 0 Å². The summed E-state index contributed by atoms with van der Waals surface area (Å²) >= 11 is 1.65. The van der Waals surface area contributed by atoms with E-state index in [1.54, 1.807) is 18.3 Å². The Bertz CT molecular complexity index is 765. The average Bonchev–Trinajstić information content (AvgIpc) is 3.04. The standard InChI is InChI=1S/C13H16N6OS/c1-3-8-6-9-11(17-13(14)18-12(9)21-8)15-5-4-10-16-7(2)20-19-10/h6H,3-5H2,1-2H3,(H3,14,15,17,18). The van der Waals surface area contributed by atoms with E-state index in [1.807, 2.05) is 0 Å². The van der Waals surface area contributed by atoms with Crippen LogP contribution in [0.3, 0.4) is 0 Å². The van der Waals surface area contributed by atoms with Crippen molar-refractivity contribution in [3.05, 3.63) is 22.7 Å². The lowest BCUT2D eigenvalue weighted by molar-refractivity contribution is 0.387. The normalized spacial score (nSPS) is 11.1. The highest BCUT2D eigenvalue weighted by atomic mass is 32.1. The fourth-order valence-corrected chi connectivity index (χ4v) is 3.01. The van der Waals surface area contributed by atoms with E-state index >= 15 is 0 Å². The Morgan fingerprint density at radius 2 is 2.19 bits per heavy atom. The number of nitrogen functional groups attached to an aromatic ring is 1. The third-order valence-electron chi connectivity index (χ3n) is 3.02. The zero-order chi connectivity index (χ0) is 14.8. The molecule has 0 aliphatic carbocycles. The van der Waals surface area contributed by atoms with Gasteiger partial charge >= 0.3 is 0 Å². The van der Waals surface area contributed by atoms with Crippen LogP contribution in [0.25, 0.3) is 10.2 Å². The van der Waals surface area contributed by atoms with Gasteiger partial charge in [-0.1, -0.05) is 12.1 Å². The maximum atomic E-state index is 5.77. The van der Waals surface area contributed by atoms with Crippen molar-refractivity contribution < 1.29 is 4.52 Å². The highest BCUT2D eigenvalue weighted by Gasteiger charge is 2.10. The van der Waals surface area contributed by atoms with Crippen molar-refractivity contribution in [3.63, 3.8) is 0 Å². The average molecular weight is 304 g/mol. The van der Waals surface area contributed by atoms with Gasteiger partial charge in [-0.25, -0.2) is 4.98 Å². The molecule has 3 heterocycles. The number of hydrogen-bond donors (Lipinski definition) is 2.